The molecule has 0 aromatic carbocycles. The average molecular weight is 236 g/mol. The quantitative estimate of drug-likeness (QED) is 0.687. The second-order valence-corrected chi connectivity index (χ2v) is 7.32. The van der Waals surface area contributed by atoms with Crippen molar-refractivity contribution in [3.8, 4) is 0 Å². The monoisotopic (exact) mass is 236 g/mol. The molecule has 0 amide bonds. The summed E-state index contributed by atoms with van der Waals surface area (Å²) < 4.78 is 0. The Labute approximate surface area is 104 Å². The van der Waals surface area contributed by atoms with Crippen LogP contribution in [0.15, 0.2) is 11.1 Å². The van der Waals surface area contributed by atoms with Crippen LogP contribution in [0, 0.1) is 16.7 Å². The molecule has 3 rings (SSSR count). The minimum Gasteiger partial charge on any atom is -0.396 e. The molecule has 4 atom stereocenters. The molecular weight excluding hydrogens is 212 g/mol. The van der Waals surface area contributed by atoms with Gasteiger partial charge in [-0.1, -0.05) is 19.4 Å². The zero-order chi connectivity index (χ0) is 12.5. The normalized spacial score (nSPS) is 53.1. The Hall–Kier alpha value is -0.340. The molecule has 0 bridgehead atoms. The van der Waals surface area contributed by atoms with E-state index < -0.39 is 5.60 Å². The summed E-state index contributed by atoms with van der Waals surface area (Å²) in [4.78, 5) is 0. The Kier molecular flexibility index (Phi) is 2.18. The number of aliphatic hydroxyl groups excluding tert-OH is 1. The Morgan fingerprint density at radius 1 is 1.24 bits per heavy atom. The van der Waals surface area contributed by atoms with Crippen LogP contribution in [0.25, 0.3) is 0 Å². The first-order chi connectivity index (χ1) is 7.84. The van der Waals surface area contributed by atoms with Gasteiger partial charge in [0.15, 0.2) is 0 Å². The third-order valence-corrected chi connectivity index (χ3v) is 6.07. The molecule has 0 spiro atoms. The molecule has 2 nitrogen and oxygen atoms in total. The van der Waals surface area contributed by atoms with Crippen LogP contribution in [0.5, 0.6) is 0 Å². The molecule has 2 fully saturated rings. The minimum absolute atomic E-state index is 0.0533. The number of fused-ring (bicyclic) bond motifs is 2. The lowest BCUT2D eigenvalue weighted by Gasteiger charge is -2.59. The highest BCUT2D eigenvalue weighted by Crippen LogP contribution is 2.65. The van der Waals surface area contributed by atoms with E-state index in [0.717, 1.165) is 32.1 Å². The van der Waals surface area contributed by atoms with Crippen LogP contribution in [-0.4, -0.2) is 22.4 Å². The van der Waals surface area contributed by atoms with Crippen LogP contribution in [0.2, 0.25) is 0 Å². The van der Waals surface area contributed by atoms with Crippen LogP contribution in [0.3, 0.4) is 0 Å². The van der Waals surface area contributed by atoms with Crippen molar-refractivity contribution in [1.29, 1.82) is 0 Å². The van der Waals surface area contributed by atoms with E-state index in [1.807, 2.05) is 0 Å². The van der Waals surface area contributed by atoms with Crippen molar-refractivity contribution >= 4 is 0 Å². The minimum atomic E-state index is -0.528. The van der Waals surface area contributed by atoms with Crippen molar-refractivity contribution in [1.82, 2.24) is 0 Å². The third-order valence-electron chi connectivity index (χ3n) is 6.07. The zero-order valence-corrected chi connectivity index (χ0v) is 11.2. The van der Waals surface area contributed by atoms with E-state index in [-0.39, 0.29) is 17.4 Å². The Morgan fingerprint density at radius 3 is 2.47 bits per heavy atom. The first kappa shape index (κ1) is 11.7. The highest BCUT2D eigenvalue weighted by atomic mass is 16.3. The lowest BCUT2D eigenvalue weighted by Crippen LogP contribution is -2.59. The summed E-state index contributed by atoms with van der Waals surface area (Å²) in [5.74, 6) is 0.609. The van der Waals surface area contributed by atoms with Gasteiger partial charge in [-0.05, 0) is 55.9 Å². The van der Waals surface area contributed by atoms with Gasteiger partial charge >= 0.3 is 0 Å². The molecule has 17 heavy (non-hydrogen) atoms. The smallest absolute Gasteiger partial charge is 0.0910 e. The van der Waals surface area contributed by atoms with E-state index in [0.29, 0.717) is 5.92 Å². The largest absolute Gasteiger partial charge is 0.396 e. The van der Waals surface area contributed by atoms with E-state index in [2.05, 4.69) is 20.8 Å². The molecule has 3 aliphatic carbocycles. The van der Waals surface area contributed by atoms with Crippen molar-refractivity contribution < 1.29 is 10.2 Å². The maximum Gasteiger partial charge on any atom is 0.0910 e. The van der Waals surface area contributed by atoms with Crippen molar-refractivity contribution in [2.24, 2.45) is 16.7 Å². The van der Waals surface area contributed by atoms with Gasteiger partial charge in [0, 0.05) is 12.0 Å². The summed E-state index contributed by atoms with van der Waals surface area (Å²) in [5, 5.41) is 20.4. The SMILES string of the molecule is CC1=C2C[C@](C)(CO)C[C@H]2C[C@]2(C)CC[C@]12O. The van der Waals surface area contributed by atoms with E-state index in [1.165, 1.54) is 11.1 Å². The van der Waals surface area contributed by atoms with Gasteiger partial charge in [-0.3, -0.25) is 0 Å². The lowest BCUT2D eigenvalue weighted by atomic mass is 9.48. The number of aliphatic hydroxyl groups is 2. The molecule has 0 aromatic heterocycles. The van der Waals surface area contributed by atoms with Crippen molar-refractivity contribution in [2.75, 3.05) is 6.61 Å². The van der Waals surface area contributed by atoms with Crippen LogP contribution >= 0.6 is 0 Å². The molecule has 0 saturated heterocycles. The predicted molar refractivity (Wildman–Crippen MR) is 67.5 cm³/mol. The second kappa shape index (κ2) is 3.16. The van der Waals surface area contributed by atoms with E-state index in [1.54, 1.807) is 0 Å². The lowest BCUT2D eigenvalue weighted by molar-refractivity contribution is -0.146. The van der Waals surface area contributed by atoms with Gasteiger partial charge in [0.1, 0.15) is 0 Å². The van der Waals surface area contributed by atoms with E-state index in [4.69, 9.17) is 0 Å². The van der Waals surface area contributed by atoms with Gasteiger partial charge in [0.25, 0.3) is 0 Å². The molecule has 96 valence electrons. The Balaban J connectivity index is 2.02. The number of allylic oxidation sites excluding steroid dienone is 1. The highest BCUT2D eigenvalue weighted by Gasteiger charge is 2.61. The summed E-state index contributed by atoms with van der Waals surface area (Å²) in [6, 6.07) is 0. The fourth-order valence-corrected chi connectivity index (χ4v) is 4.66. The predicted octanol–water partition coefficient (Wildman–Crippen LogP) is 2.65. The number of hydrogen-bond acceptors (Lipinski definition) is 2. The number of rotatable bonds is 1. The van der Waals surface area contributed by atoms with Crippen LogP contribution in [-0.2, 0) is 0 Å². The van der Waals surface area contributed by atoms with E-state index >= 15 is 0 Å². The first-order valence-electron chi connectivity index (χ1n) is 6.87. The fourth-order valence-electron chi connectivity index (χ4n) is 4.66. The molecule has 0 radical (unpaired) electrons. The van der Waals surface area contributed by atoms with Crippen molar-refractivity contribution in [2.45, 2.75) is 58.5 Å². The molecule has 3 aliphatic rings. The van der Waals surface area contributed by atoms with Gasteiger partial charge in [-0.15, -0.1) is 0 Å². The van der Waals surface area contributed by atoms with Crippen LogP contribution < -0.4 is 0 Å². The average Bonchev–Trinajstić information content (AvgIpc) is 2.62. The molecule has 2 heteroatoms. The Bertz CT molecular complexity index is 400. The standard InChI is InChI=1S/C15H24O2/c1-10-12-8-13(2,9-16)6-11(12)7-14(3)4-5-15(10,14)17/h11,16-17H,4-9H2,1-3H3/t11-,13+,14-,15-/m0/s1. The van der Waals surface area contributed by atoms with Gasteiger partial charge in [-0.25, -0.2) is 0 Å². The molecule has 0 unspecified atom stereocenters. The Morgan fingerprint density at radius 2 is 1.94 bits per heavy atom. The summed E-state index contributed by atoms with van der Waals surface area (Å²) in [7, 11) is 0. The first-order valence-corrected chi connectivity index (χ1v) is 6.87. The fraction of sp³-hybridized carbons (Fsp3) is 0.867. The second-order valence-electron chi connectivity index (χ2n) is 7.32. The van der Waals surface area contributed by atoms with Crippen molar-refractivity contribution in [3.05, 3.63) is 11.1 Å². The van der Waals surface area contributed by atoms with E-state index in [9.17, 15) is 10.2 Å². The van der Waals surface area contributed by atoms with Gasteiger partial charge in [-0.2, -0.15) is 0 Å². The summed E-state index contributed by atoms with van der Waals surface area (Å²) in [6.07, 6.45) is 5.29. The molecular formula is C15H24O2. The summed E-state index contributed by atoms with van der Waals surface area (Å²) in [5.41, 5.74) is 2.32. The van der Waals surface area contributed by atoms with Crippen LogP contribution in [0.1, 0.15) is 52.9 Å². The van der Waals surface area contributed by atoms with Gasteiger partial charge < -0.3 is 10.2 Å². The topological polar surface area (TPSA) is 40.5 Å². The third kappa shape index (κ3) is 1.29. The molecule has 2 N–H and O–H groups in total. The molecule has 2 saturated carbocycles. The summed E-state index contributed by atoms with van der Waals surface area (Å²) >= 11 is 0. The molecule has 0 aromatic rings. The zero-order valence-electron chi connectivity index (χ0n) is 11.2. The maximum atomic E-state index is 10.8. The maximum absolute atomic E-state index is 10.8. The number of hydrogen-bond donors (Lipinski definition) is 2. The van der Waals surface area contributed by atoms with Gasteiger partial charge in [0.05, 0.1) is 5.60 Å². The van der Waals surface area contributed by atoms with Crippen LogP contribution in [0.4, 0.5) is 0 Å². The molecule has 0 heterocycles. The van der Waals surface area contributed by atoms with Gasteiger partial charge in [0.2, 0.25) is 0 Å². The molecule has 0 aliphatic heterocycles. The highest BCUT2D eigenvalue weighted by molar-refractivity contribution is 5.38. The summed E-state index contributed by atoms with van der Waals surface area (Å²) in [6.45, 7) is 6.82. The van der Waals surface area contributed by atoms with Crippen molar-refractivity contribution in [3.63, 3.8) is 0 Å².